The van der Waals surface area contributed by atoms with E-state index in [9.17, 15) is 4.79 Å². The van der Waals surface area contributed by atoms with Gasteiger partial charge >= 0.3 is 0 Å². The summed E-state index contributed by atoms with van der Waals surface area (Å²) in [7, 11) is 0. The van der Waals surface area contributed by atoms with Crippen LogP contribution >= 0.6 is 0 Å². The SMILES string of the molecule is O=C1CC(c2noc(-c3ccccn3)n2)CN1c1ccccc1. The molecule has 1 unspecified atom stereocenters. The van der Waals surface area contributed by atoms with E-state index in [1.54, 1.807) is 11.1 Å². The Labute approximate surface area is 132 Å². The minimum absolute atomic E-state index is 0.0658. The molecule has 1 aromatic carbocycles. The van der Waals surface area contributed by atoms with E-state index in [-0.39, 0.29) is 11.8 Å². The van der Waals surface area contributed by atoms with Gasteiger partial charge in [-0.05, 0) is 24.3 Å². The van der Waals surface area contributed by atoms with Crippen molar-refractivity contribution in [2.75, 3.05) is 11.4 Å². The molecule has 4 rings (SSSR count). The van der Waals surface area contributed by atoms with Crippen molar-refractivity contribution >= 4 is 11.6 Å². The number of anilines is 1. The summed E-state index contributed by atoms with van der Waals surface area (Å²) < 4.78 is 5.29. The topological polar surface area (TPSA) is 72.1 Å². The standard InChI is InChI=1S/C17H14N4O2/c22-15-10-12(11-21(15)13-6-2-1-3-7-13)16-19-17(23-20-16)14-8-4-5-9-18-14/h1-9,12H,10-11H2. The second-order valence-corrected chi connectivity index (χ2v) is 5.41. The second kappa shape index (κ2) is 5.64. The van der Waals surface area contributed by atoms with Crippen LogP contribution in [0.5, 0.6) is 0 Å². The predicted molar refractivity (Wildman–Crippen MR) is 83.7 cm³/mol. The molecule has 0 saturated carbocycles. The Morgan fingerprint density at radius 2 is 1.91 bits per heavy atom. The number of benzene rings is 1. The maximum Gasteiger partial charge on any atom is 0.276 e. The number of para-hydroxylation sites is 1. The fourth-order valence-electron chi connectivity index (χ4n) is 2.73. The Balaban J connectivity index is 1.56. The van der Waals surface area contributed by atoms with Crippen LogP contribution in [0.2, 0.25) is 0 Å². The van der Waals surface area contributed by atoms with Gasteiger partial charge in [0.25, 0.3) is 5.89 Å². The van der Waals surface area contributed by atoms with Crippen molar-refractivity contribution in [3.05, 3.63) is 60.6 Å². The van der Waals surface area contributed by atoms with Gasteiger partial charge in [-0.3, -0.25) is 9.78 Å². The van der Waals surface area contributed by atoms with Crippen molar-refractivity contribution in [1.29, 1.82) is 0 Å². The molecule has 3 aromatic rings. The van der Waals surface area contributed by atoms with Crippen LogP contribution in [0, 0.1) is 0 Å². The lowest BCUT2D eigenvalue weighted by atomic mass is 10.1. The van der Waals surface area contributed by atoms with E-state index in [2.05, 4.69) is 15.1 Å². The van der Waals surface area contributed by atoms with Gasteiger partial charge in [0.2, 0.25) is 5.91 Å². The van der Waals surface area contributed by atoms with E-state index in [1.165, 1.54) is 0 Å². The quantitative estimate of drug-likeness (QED) is 0.744. The van der Waals surface area contributed by atoms with E-state index in [1.807, 2.05) is 48.5 Å². The Bertz CT molecular complexity index is 817. The van der Waals surface area contributed by atoms with Crippen LogP contribution < -0.4 is 4.90 Å². The number of hydrogen-bond donors (Lipinski definition) is 0. The van der Waals surface area contributed by atoms with Crippen LogP contribution in [-0.2, 0) is 4.79 Å². The zero-order valence-corrected chi connectivity index (χ0v) is 12.3. The molecule has 6 heteroatoms. The monoisotopic (exact) mass is 306 g/mol. The van der Waals surface area contributed by atoms with E-state index in [0.717, 1.165) is 5.69 Å². The van der Waals surface area contributed by atoms with Gasteiger partial charge in [-0.15, -0.1) is 0 Å². The molecule has 0 aliphatic carbocycles. The molecule has 1 amide bonds. The lowest BCUT2D eigenvalue weighted by molar-refractivity contribution is -0.117. The highest BCUT2D eigenvalue weighted by molar-refractivity contribution is 5.96. The van der Waals surface area contributed by atoms with Crippen LogP contribution in [0.4, 0.5) is 5.69 Å². The van der Waals surface area contributed by atoms with Gasteiger partial charge in [0.1, 0.15) is 5.69 Å². The average molecular weight is 306 g/mol. The number of nitrogens with zero attached hydrogens (tertiary/aromatic N) is 4. The van der Waals surface area contributed by atoms with Crippen molar-refractivity contribution < 1.29 is 9.32 Å². The molecule has 6 nitrogen and oxygen atoms in total. The van der Waals surface area contributed by atoms with E-state index >= 15 is 0 Å². The first-order valence-corrected chi connectivity index (χ1v) is 7.41. The molecule has 2 aromatic heterocycles. The molecule has 114 valence electrons. The lowest BCUT2D eigenvalue weighted by Gasteiger charge is -2.15. The Kier molecular flexibility index (Phi) is 3.34. The summed E-state index contributed by atoms with van der Waals surface area (Å²) >= 11 is 0. The van der Waals surface area contributed by atoms with E-state index < -0.39 is 0 Å². The highest BCUT2D eigenvalue weighted by atomic mass is 16.5. The normalized spacial score (nSPS) is 17.7. The first kappa shape index (κ1) is 13.6. The van der Waals surface area contributed by atoms with Crippen molar-refractivity contribution in [3.8, 4) is 11.6 Å². The number of hydrogen-bond acceptors (Lipinski definition) is 5. The fourth-order valence-corrected chi connectivity index (χ4v) is 2.73. The highest BCUT2D eigenvalue weighted by Crippen LogP contribution is 2.31. The molecule has 1 aliphatic heterocycles. The van der Waals surface area contributed by atoms with Crippen molar-refractivity contribution in [2.24, 2.45) is 0 Å². The molecule has 0 radical (unpaired) electrons. The number of amides is 1. The minimum atomic E-state index is -0.0658. The minimum Gasteiger partial charge on any atom is -0.332 e. The summed E-state index contributed by atoms with van der Waals surface area (Å²) in [6.45, 7) is 0.560. The average Bonchev–Trinajstić information content (AvgIpc) is 3.23. The van der Waals surface area contributed by atoms with Crippen LogP contribution in [0.1, 0.15) is 18.2 Å². The molecule has 0 N–H and O–H groups in total. The van der Waals surface area contributed by atoms with Gasteiger partial charge in [0, 0.05) is 30.8 Å². The molecular weight excluding hydrogens is 292 g/mol. The zero-order valence-electron chi connectivity index (χ0n) is 12.3. The fraction of sp³-hybridized carbons (Fsp3) is 0.176. The molecule has 1 aliphatic rings. The zero-order chi connectivity index (χ0) is 15.6. The van der Waals surface area contributed by atoms with Crippen LogP contribution in [-0.4, -0.2) is 27.6 Å². The number of rotatable bonds is 3. The molecule has 0 spiro atoms. The number of carbonyl (C=O) groups is 1. The maximum absolute atomic E-state index is 12.3. The predicted octanol–water partition coefficient (Wildman–Crippen LogP) is 2.65. The van der Waals surface area contributed by atoms with E-state index in [0.29, 0.717) is 30.4 Å². The lowest BCUT2D eigenvalue weighted by Crippen LogP contribution is -2.24. The molecule has 0 bridgehead atoms. The smallest absolute Gasteiger partial charge is 0.276 e. The van der Waals surface area contributed by atoms with E-state index in [4.69, 9.17) is 4.52 Å². The summed E-state index contributed by atoms with van der Waals surface area (Å²) in [6, 6.07) is 15.1. The molecule has 23 heavy (non-hydrogen) atoms. The first-order valence-electron chi connectivity index (χ1n) is 7.41. The molecule has 1 fully saturated rings. The third kappa shape index (κ3) is 2.59. The van der Waals surface area contributed by atoms with Crippen LogP contribution in [0.25, 0.3) is 11.6 Å². The molecule has 3 heterocycles. The first-order chi connectivity index (χ1) is 11.3. The maximum atomic E-state index is 12.3. The molecule has 1 atom stereocenters. The van der Waals surface area contributed by atoms with Gasteiger partial charge in [-0.2, -0.15) is 4.98 Å². The van der Waals surface area contributed by atoms with Gasteiger partial charge in [-0.25, -0.2) is 0 Å². The van der Waals surface area contributed by atoms with Gasteiger partial charge in [-0.1, -0.05) is 29.4 Å². The molecular formula is C17H14N4O2. The van der Waals surface area contributed by atoms with Crippen molar-refractivity contribution in [2.45, 2.75) is 12.3 Å². The summed E-state index contributed by atoms with van der Waals surface area (Å²) in [4.78, 5) is 22.6. The number of carbonyl (C=O) groups excluding carboxylic acids is 1. The highest BCUT2D eigenvalue weighted by Gasteiger charge is 2.34. The van der Waals surface area contributed by atoms with Crippen LogP contribution in [0.15, 0.2) is 59.3 Å². The van der Waals surface area contributed by atoms with Crippen molar-refractivity contribution in [3.63, 3.8) is 0 Å². The second-order valence-electron chi connectivity index (χ2n) is 5.41. The summed E-state index contributed by atoms with van der Waals surface area (Å²) in [5.74, 6) is 0.943. The third-order valence-corrected chi connectivity index (χ3v) is 3.88. The van der Waals surface area contributed by atoms with Crippen LogP contribution in [0.3, 0.4) is 0 Å². The Hall–Kier alpha value is -3.02. The van der Waals surface area contributed by atoms with Gasteiger partial charge in [0.05, 0.1) is 0 Å². The summed E-state index contributed by atoms with van der Waals surface area (Å²) in [5.41, 5.74) is 1.53. The third-order valence-electron chi connectivity index (χ3n) is 3.88. The Morgan fingerprint density at radius 1 is 1.09 bits per heavy atom. The summed E-state index contributed by atoms with van der Waals surface area (Å²) in [5, 5.41) is 4.03. The molecule has 1 saturated heterocycles. The van der Waals surface area contributed by atoms with Crippen molar-refractivity contribution in [1.82, 2.24) is 15.1 Å². The van der Waals surface area contributed by atoms with Gasteiger partial charge in [0.15, 0.2) is 5.82 Å². The Morgan fingerprint density at radius 3 is 2.70 bits per heavy atom. The number of pyridine rings is 1. The summed E-state index contributed by atoms with van der Waals surface area (Å²) in [6.07, 6.45) is 2.06. The number of aromatic nitrogens is 3. The largest absolute Gasteiger partial charge is 0.332 e. The van der Waals surface area contributed by atoms with Gasteiger partial charge < -0.3 is 9.42 Å².